The van der Waals surface area contributed by atoms with E-state index in [2.05, 4.69) is 28.2 Å². The predicted octanol–water partition coefficient (Wildman–Crippen LogP) is 4.19. The Morgan fingerprint density at radius 2 is 2.00 bits per heavy atom. The van der Waals surface area contributed by atoms with E-state index in [4.69, 9.17) is 11.6 Å². The summed E-state index contributed by atoms with van der Waals surface area (Å²) in [6.07, 6.45) is 1.09. The van der Waals surface area contributed by atoms with Gasteiger partial charge in [-0.05, 0) is 36.2 Å². The molecule has 0 aliphatic carbocycles. The summed E-state index contributed by atoms with van der Waals surface area (Å²) in [5, 5.41) is 4.07. The van der Waals surface area contributed by atoms with Gasteiger partial charge in [0.2, 0.25) is 0 Å². The summed E-state index contributed by atoms with van der Waals surface area (Å²) in [5.74, 6) is 1.87. The molecule has 0 bridgehead atoms. The van der Waals surface area contributed by atoms with Crippen LogP contribution in [0.1, 0.15) is 18.9 Å². The predicted molar refractivity (Wildman–Crippen MR) is 86.6 cm³/mol. The lowest BCUT2D eigenvalue weighted by molar-refractivity contribution is 0.894. The van der Waals surface area contributed by atoms with Crippen LogP contribution < -0.4 is 10.2 Å². The van der Waals surface area contributed by atoms with Gasteiger partial charge in [0.25, 0.3) is 0 Å². The normalized spacial score (nSPS) is 10.3. The smallest absolute Gasteiger partial charge is 0.130 e. The summed E-state index contributed by atoms with van der Waals surface area (Å²) < 4.78 is 0. The molecule has 0 aliphatic heterocycles. The van der Waals surface area contributed by atoms with Gasteiger partial charge >= 0.3 is 0 Å². The first kappa shape index (κ1) is 14.7. The maximum Gasteiger partial charge on any atom is 0.130 e. The molecule has 3 nitrogen and oxygen atoms in total. The van der Waals surface area contributed by atoms with Crippen LogP contribution in [0.2, 0.25) is 5.02 Å². The molecule has 0 saturated heterocycles. The van der Waals surface area contributed by atoms with Gasteiger partial charge in [0.1, 0.15) is 11.6 Å². The zero-order valence-corrected chi connectivity index (χ0v) is 12.7. The Balaban J connectivity index is 2.06. The second-order valence-corrected chi connectivity index (χ2v) is 5.23. The van der Waals surface area contributed by atoms with E-state index in [1.54, 1.807) is 0 Å². The third-order valence-corrected chi connectivity index (χ3v) is 3.23. The molecule has 106 valence electrons. The maximum absolute atomic E-state index is 6.01. The van der Waals surface area contributed by atoms with Crippen LogP contribution in [0.5, 0.6) is 0 Å². The van der Waals surface area contributed by atoms with Crippen LogP contribution in [0.25, 0.3) is 0 Å². The van der Waals surface area contributed by atoms with Crippen LogP contribution >= 0.6 is 11.6 Å². The zero-order chi connectivity index (χ0) is 14.4. The van der Waals surface area contributed by atoms with Crippen LogP contribution in [0.3, 0.4) is 0 Å². The van der Waals surface area contributed by atoms with Crippen LogP contribution in [-0.2, 0) is 6.54 Å². The van der Waals surface area contributed by atoms with E-state index in [-0.39, 0.29) is 0 Å². The lowest BCUT2D eigenvalue weighted by Crippen LogP contribution is -2.18. The number of benzene rings is 1. The van der Waals surface area contributed by atoms with Crippen molar-refractivity contribution in [2.24, 2.45) is 0 Å². The fourth-order valence-electron chi connectivity index (χ4n) is 1.98. The Labute approximate surface area is 125 Å². The molecule has 4 heteroatoms. The molecule has 1 N–H and O–H groups in total. The van der Waals surface area contributed by atoms with Gasteiger partial charge in [-0.15, -0.1) is 0 Å². The second-order valence-electron chi connectivity index (χ2n) is 4.79. The van der Waals surface area contributed by atoms with E-state index in [1.807, 2.05) is 43.4 Å². The number of aromatic nitrogens is 1. The van der Waals surface area contributed by atoms with Gasteiger partial charge in [0.15, 0.2) is 0 Å². The molecule has 20 heavy (non-hydrogen) atoms. The Bertz CT molecular complexity index is 557. The Kier molecular flexibility index (Phi) is 5.24. The second kappa shape index (κ2) is 7.15. The summed E-state index contributed by atoms with van der Waals surface area (Å²) >= 11 is 6.01. The highest BCUT2D eigenvalue weighted by atomic mass is 35.5. The molecule has 1 heterocycles. The SMILES string of the molecule is CCCNc1cccc(N(C)Cc2cccc(Cl)c2)n1. The number of nitrogens with one attached hydrogen (secondary N) is 1. The van der Waals surface area contributed by atoms with Gasteiger partial charge in [-0.25, -0.2) is 4.98 Å². The molecule has 0 saturated carbocycles. The Morgan fingerprint density at radius 3 is 2.75 bits per heavy atom. The van der Waals surface area contributed by atoms with Gasteiger partial charge < -0.3 is 10.2 Å². The van der Waals surface area contributed by atoms with Crippen LogP contribution in [-0.4, -0.2) is 18.6 Å². The zero-order valence-electron chi connectivity index (χ0n) is 11.9. The van der Waals surface area contributed by atoms with Crippen LogP contribution in [0.15, 0.2) is 42.5 Å². The molecule has 0 atom stereocenters. The quantitative estimate of drug-likeness (QED) is 0.864. The largest absolute Gasteiger partial charge is 0.370 e. The molecule has 2 rings (SSSR count). The standard InChI is InChI=1S/C16H20ClN3/c1-3-10-18-15-8-5-9-16(19-15)20(2)12-13-6-4-7-14(17)11-13/h4-9,11H,3,10,12H2,1-2H3,(H,18,19). The number of hydrogen-bond acceptors (Lipinski definition) is 3. The molecule has 0 fully saturated rings. The number of hydrogen-bond donors (Lipinski definition) is 1. The Morgan fingerprint density at radius 1 is 1.20 bits per heavy atom. The molecule has 1 aromatic heterocycles. The highest BCUT2D eigenvalue weighted by Crippen LogP contribution is 2.17. The van der Waals surface area contributed by atoms with Crippen molar-refractivity contribution in [3.8, 4) is 0 Å². The lowest BCUT2D eigenvalue weighted by Gasteiger charge is -2.19. The highest BCUT2D eigenvalue weighted by molar-refractivity contribution is 6.30. The molecular formula is C16H20ClN3. The number of pyridine rings is 1. The third kappa shape index (κ3) is 4.14. The lowest BCUT2D eigenvalue weighted by atomic mass is 10.2. The summed E-state index contributed by atoms with van der Waals surface area (Å²) in [5.41, 5.74) is 1.17. The van der Waals surface area contributed by atoms with Gasteiger partial charge in [-0.3, -0.25) is 0 Å². The first-order valence-corrected chi connectivity index (χ1v) is 7.23. The van der Waals surface area contributed by atoms with Crippen molar-refractivity contribution < 1.29 is 0 Å². The number of nitrogens with zero attached hydrogens (tertiary/aromatic N) is 2. The van der Waals surface area contributed by atoms with Gasteiger partial charge in [0.05, 0.1) is 0 Å². The molecular weight excluding hydrogens is 270 g/mol. The first-order valence-electron chi connectivity index (χ1n) is 6.85. The van der Waals surface area contributed by atoms with Crippen molar-refractivity contribution in [2.75, 3.05) is 23.8 Å². The summed E-state index contributed by atoms with van der Waals surface area (Å²) in [4.78, 5) is 6.72. The molecule has 0 aliphatic rings. The van der Waals surface area contributed by atoms with Crippen molar-refractivity contribution in [2.45, 2.75) is 19.9 Å². The van der Waals surface area contributed by atoms with Gasteiger partial charge in [0, 0.05) is 25.2 Å². The maximum atomic E-state index is 6.01. The Hall–Kier alpha value is -1.74. The molecule has 0 unspecified atom stereocenters. The monoisotopic (exact) mass is 289 g/mol. The third-order valence-electron chi connectivity index (χ3n) is 2.99. The molecule has 2 aromatic rings. The van der Waals surface area contributed by atoms with E-state index < -0.39 is 0 Å². The average Bonchev–Trinajstić information content (AvgIpc) is 2.45. The molecule has 0 spiro atoms. The summed E-state index contributed by atoms with van der Waals surface area (Å²) in [6, 6.07) is 13.9. The van der Waals surface area contributed by atoms with Crippen molar-refractivity contribution in [1.82, 2.24) is 4.98 Å². The van der Waals surface area contributed by atoms with Crippen LogP contribution in [0.4, 0.5) is 11.6 Å². The molecule has 0 radical (unpaired) electrons. The minimum atomic E-state index is 0.766. The molecule has 0 amide bonds. The van der Waals surface area contributed by atoms with Gasteiger partial charge in [-0.1, -0.05) is 36.7 Å². The summed E-state index contributed by atoms with van der Waals surface area (Å²) in [7, 11) is 2.03. The van der Waals surface area contributed by atoms with Crippen LogP contribution in [0, 0.1) is 0 Å². The summed E-state index contributed by atoms with van der Waals surface area (Å²) in [6.45, 7) is 3.86. The van der Waals surface area contributed by atoms with E-state index in [0.29, 0.717) is 0 Å². The topological polar surface area (TPSA) is 28.2 Å². The highest BCUT2D eigenvalue weighted by Gasteiger charge is 2.05. The van der Waals surface area contributed by atoms with Crippen molar-refractivity contribution in [1.29, 1.82) is 0 Å². The van der Waals surface area contributed by atoms with E-state index in [9.17, 15) is 0 Å². The molecule has 1 aromatic carbocycles. The minimum Gasteiger partial charge on any atom is -0.370 e. The number of anilines is 2. The van der Waals surface area contributed by atoms with Crippen molar-refractivity contribution in [3.05, 3.63) is 53.1 Å². The fourth-order valence-corrected chi connectivity index (χ4v) is 2.19. The minimum absolute atomic E-state index is 0.766. The number of halogens is 1. The first-order chi connectivity index (χ1) is 9.69. The van der Waals surface area contributed by atoms with E-state index >= 15 is 0 Å². The van der Waals surface area contributed by atoms with Gasteiger partial charge in [-0.2, -0.15) is 0 Å². The fraction of sp³-hybridized carbons (Fsp3) is 0.312. The number of rotatable bonds is 6. The van der Waals surface area contributed by atoms with Crippen molar-refractivity contribution in [3.63, 3.8) is 0 Å². The average molecular weight is 290 g/mol. The van der Waals surface area contributed by atoms with E-state index in [0.717, 1.165) is 36.2 Å². The van der Waals surface area contributed by atoms with E-state index in [1.165, 1.54) is 5.56 Å². The van der Waals surface area contributed by atoms with Crippen molar-refractivity contribution >= 4 is 23.2 Å².